The van der Waals surface area contributed by atoms with Gasteiger partial charge >= 0.3 is 0 Å². The molecule has 1 fully saturated rings. The molecule has 0 aliphatic heterocycles. The molecular formula is C21H20N2O3S. The Morgan fingerprint density at radius 2 is 1.89 bits per heavy atom. The van der Waals surface area contributed by atoms with E-state index in [0.717, 1.165) is 12.8 Å². The van der Waals surface area contributed by atoms with Gasteiger partial charge < -0.3 is 4.74 Å². The molecule has 0 spiro atoms. The van der Waals surface area contributed by atoms with Crippen molar-refractivity contribution in [3.8, 4) is 5.75 Å². The number of Topliss-reactive ketones (excluding diaryl/α,β-unsaturated/α-hetero) is 1. The van der Waals surface area contributed by atoms with Crippen molar-refractivity contribution in [1.29, 1.82) is 0 Å². The number of aromatic nitrogens is 2. The maximum Gasteiger partial charge on any atom is 0.262 e. The number of hydrogen-bond acceptors (Lipinski definition) is 5. The lowest BCUT2D eigenvalue weighted by Gasteiger charge is -2.15. The van der Waals surface area contributed by atoms with Crippen molar-refractivity contribution < 1.29 is 9.53 Å². The number of rotatable bonds is 6. The topological polar surface area (TPSA) is 61.2 Å². The van der Waals surface area contributed by atoms with E-state index in [2.05, 4.69) is 0 Å². The number of hydrogen-bond donors (Lipinski definition) is 0. The second-order valence-electron chi connectivity index (χ2n) is 6.67. The summed E-state index contributed by atoms with van der Waals surface area (Å²) in [5.41, 5.74) is 1.28. The summed E-state index contributed by atoms with van der Waals surface area (Å²) < 4.78 is 6.91. The van der Waals surface area contributed by atoms with Gasteiger partial charge in [0, 0.05) is 11.6 Å². The average Bonchev–Trinajstić information content (AvgIpc) is 3.52. The third-order valence-electron chi connectivity index (χ3n) is 4.71. The fraction of sp³-hybridized carbons (Fsp3) is 0.286. The number of carbonyl (C=O) groups excluding carboxylic acids is 1. The van der Waals surface area contributed by atoms with Crippen molar-refractivity contribution in [2.24, 2.45) is 0 Å². The molecule has 2 aromatic carbocycles. The molecule has 3 aromatic rings. The number of ether oxygens (including phenoxy) is 1. The van der Waals surface area contributed by atoms with Crippen molar-refractivity contribution in [2.45, 2.75) is 36.2 Å². The van der Waals surface area contributed by atoms with Gasteiger partial charge in [0.15, 0.2) is 10.9 Å². The normalized spacial score (nSPS) is 14.9. The molecule has 1 heterocycles. The first-order chi connectivity index (χ1) is 13.1. The van der Waals surface area contributed by atoms with Gasteiger partial charge in [0.05, 0.1) is 23.3 Å². The predicted octanol–water partition coefficient (Wildman–Crippen LogP) is 4.10. The molecule has 0 bridgehead atoms. The van der Waals surface area contributed by atoms with Crippen LogP contribution < -0.4 is 10.3 Å². The number of methoxy groups -OCH3 is 1. The van der Waals surface area contributed by atoms with Crippen LogP contribution in [0.15, 0.2) is 58.5 Å². The van der Waals surface area contributed by atoms with Crippen LogP contribution >= 0.6 is 11.8 Å². The highest BCUT2D eigenvalue weighted by Gasteiger charge is 2.30. The zero-order chi connectivity index (χ0) is 19.0. The minimum atomic E-state index is -0.351. The van der Waals surface area contributed by atoms with Crippen molar-refractivity contribution in [1.82, 2.24) is 9.55 Å². The average molecular weight is 380 g/mol. The predicted molar refractivity (Wildman–Crippen MR) is 107 cm³/mol. The van der Waals surface area contributed by atoms with Crippen LogP contribution in [0.3, 0.4) is 0 Å². The Balaban J connectivity index is 1.66. The van der Waals surface area contributed by atoms with Gasteiger partial charge in [-0.25, -0.2) is 4.98 Å². The van der Waals surface area contributed by atoms with Gasteiger partial charge in [-0.05, 0) is 56.2 Å². The van der Waals surface area contributed by atoms with E-state index in [9.17, 15) is 9.59 Å². The molecule has 138 valence electrons. The lowest BCUT2D eigenvalue weighted by molar-refractivity contribution is 0.0994. The van der Waals surface area contributed by atoms with Crippen LogP contribution in [0.1, 0.15) is 36.2 Å². The summed E-state index contributed by atoms with van der Waals surface area (Å²) in [6.07, 6.45) is 1.96. The molecule has 1 atom stereocenters. The minimum absolute atomic E-state index is 0.00686. The second-order valence-corrected chi connectivity index (χ2v) is 7.98. The summed E-state index contributed by atoms with van der Waals surface area (Å²) in [4.78, 5) is 30.4. The maximum absolute atomic E-state index is 12.9. The van der Waals surface area contributed by atoms with E-state index in [-0.39, 0.29) is 22.6 Å². The molecule has 1 saturated carbocycles. The number of benzene rings is 2. The number of carbonyl (C=O) groups is 1. The van der Waals surface area contributed by atoms with Crippen LogP contribution in [0.5, 0.6) is 5.75 Å². The van der Waals surface area contributed by atoms with Crippen molar-refractivity contribution in [3.05, 3.63) is 64.4 Å². The van der Waals surface area contributed by atoms with Gasteiger partial charge in [0.2, 0.25) is 0 Å². The van der Waals surface area contributed by atoms with Crippen molar-refractivity contribution in [2.75, 3.05) is 7.11 Å². The zero-order valence-electron chi connectivity index (χ0n) is 15.2. The number of para-hydroxylation sites is 1. The monoisotopic (exact) mass is 380 g/mol. The van der Waals surface area contributed by atoms with Gasteiger partial charge in [-0.1, -0.05) is 23.9 Å². The maximum atomic E-state index is 12.9. The van der Waals surface area contributed by atoms with Crippen LogP contribution in [0.4, 0.5) is 0 Å². The largest absolute Gasteiger partial charge is 0.497 e. The molecule has 1 aliphatic rings. The molecule has 0 amide bonds. The Kier molecular flexibility index (Phi) is 4.74. The first-order valence-corrected chi connectivity index (χ1v) is 9.82. The van der Waals surface area contributed by atoms with E-state index in [1.54, 1.807) is 35.9 Å². The third-order valence-corrected chi connectivity index (χ3v) is 5.78. The Morgan fingerprint density at radius 1 is 1.19 bits per heavy atom. The summed E-state index contributed by atoms with van der Waals surface area (Å²) in [6.45, 7) is 1.86. The lowest BCUT2D eigenvalue weighted by Crippen LogP contribution is -2.24. The highest BCUT2D eigenvalue weighted by molar-refractivity contribution is 8.00. The van der Waals surface area contributed by atoms with E-state index >= 15 is 0 Å². The Bertz CT molecular complexity index is 1060. The van der Waals surface area contributed by atoms with Gasteiger partial charge in [0.25, 0.3) is 5.56 Å². The minimum Gasteiger partial charge on any atom is -0.497 e. The Hall–Kier alpha value is -2.60. The smallest absolute Gasteiger partial charge is 0.262 e. The van der Waals surface area contributed by atoms with Crippen LogP contribution in [0, 0.1) is 0 Å². The van der Waals surface area contributed by atoms with Crippen LogP contribution in [0.25, 0.3) is 10.9 Å². The van der Waals surface area contributed by atoms with Gasteiger partial charge in [-0.3, -0.25) is 14.2 Å². The first-order valence-electron chi connectivity index (χ1n) is 8.94. The molecule has 27 heavy (non-hydrogen) atoms. The molecule has 0 saturated heterocycles. The van der Waals surface area contributed by atoms with Crippen LogP contribution in [0.2, 0.25) is 0 Å². The van der Waals surface area contributed by atoms with Crippen molar-refractivity contribution >= 4 is 28.4 Å². The SMILES string of the molecule is COc1ccc(C(=O)[C@H](C)Sc2nc3ccccc3c(=O)n2C2CC2)cc1. The fourth-order valence-corrected chi connectivity index (χ4v) is 4.12. The van der Waals surface area contributed by atoms with Crippen molar-refractivity contribution in [3.63, 3.8) is 0 Å². The quantitative estimate of drug-likeness (QED) is 0.366. The zero-order valence-corrected chi connectivity index (χ0v) is 16.0. The Labute approximate surface area is 161 Å². The van der Waals surface area contributed by atoms with E-state index in [4.69, 9.17) is 9.72 Å². The van der Waals surface area contributed by atoms with Gasteiger partial charge in [0.1, 0.15) is 5.75 Å². The van der Waals surface area contributed by atoms with Crippen LogP contribution in [-0.4, -0.2) is 27.7 Å². The fourth-order valence-electron chi connectivity index (χ4n) is 3.07. The molecule has 0 N–H and O–H groups in total. The first kappa shape index (κ1) is 17.8. The standard InChI is InChI=1S/C21H20N2O3S/c1-13(19(24)14-7-11-16(26-2)12-8-14)27-21-22-18-6-4-3-5-17(18)20(25)23(21)15-9-10-15/h3-8,11-13,15H,9-10H2,1-2H3/t13-/m0/s1. The van der Waals surface area contributed by atoms with E-state index in [0.29, 0.717) is 27.4 Å². The third kappa shape index (κ3) is 3.49. The highest BCUT2D eigenvalue weighted by atomic mass is 32.2. The molecule has 0 unspecified atom stereocenters. The summed E-state index contributed by atoms with van der Waals surface area (Å²) in [7, 11) is 1.60. The molecule has 0 radical (unpaired) electrons. The number of fused-ring (bicyclic) bond motifs is 1. The molecule has 4 rings (SSSR count). The molecular weight excluding hydrogens is 360 g/mol. The summed E-state index contributed by atoms with van der Waals surface area (Å²) in [5.74, 6) is 0.720. The summed E-state index contributed by atoms with van der Waals surface area (Å²) >= 11 is 1.35. The summed E-state index contributed by atoms with van der Waals surface area (Å²) in [6, 6.07) is 14.7. The lowest BCUT2D eigenvalue weighted by atomic mass is 10.1. The van der Waals surface area contributed by atoms with Gasteiger partial charge in [-0.2, -0.15) is 0 Å². The molecule has 1 aromatic heterocycles. The summed E-state index contributed by atoms with van der Waals surface area (Å²) in [5, 5.41) is 0.898. The molecule has 6 heteroatoms. The second kappa shape index (κ2) is 7.19. The number of ketones is 1. The van der Waals surface area contributed by atoms with Gasteiger partial charge in [-0.15, -0.1) is 0 Å². The van der Waals surface area contributed by atoms with E-state index < -0.39 is 0 Å². The number of thioether (sulfide) groups is 1. The van der Waals surface area contributed by atoms with E-state index in [1.807, 2.05) is 31.2 Å². The highest BCUT2D eigenvalue weighted by Crippen LogP contribution is 2.38. The molecule has 5 nitrogen and oxygen atoms in total. The van der Waals surface area contributed by atoms with E-state index in [1.165, 1.54) is 11.8 Å². The molecule has 1 aliphatic carbocycles. The Morgan fingerprint density at radius 3 is 2.56 bits per heavy atom. The number of nitrogens with zero attached hydrogens (tertiary/aromatic N) is 2. The van der Waals surface area contributed by atoms with Crippen LogP contribution in [-0.2, 0) is 0 Å².